The molecule has 0 aliphatic heterocycles. The van der Waals surface area contributed by atoms with Crippen LogP contribution in [0.3, 0.4) is 0 Å². The third kappa shape index (κ3) is 4.13. The number of aryl methyl sites for hydroxylation is 2. The summed E-state index contributed by atoms with van der Waals surface area (Å²) in [6.07, 6.45) is 3.70. The molecular weight excluding hydrogens is 218 g/mol. The highest BCUT2D eigenvalue weighted by molar-refractivity contribution is 5.33. The van der Waals surface area contributed by atoms with Crippen molar-refractivity contribution in [1.29, 1.82) is 0 Å². The Kier molecular flexibility index (Phi) is 5.40. The van der Waals surface area contributed by atoms with Gasteiger partial charge < -0.3 is 5.32 Å². The molecule has 1 aromatic rings. The van der Waals surface area contributed by atoms with Gasteiger partial charge in [-0.15, -0.1) is 0 Å². The van der Waals surface area contributed by atoms with Gasteiger partial charge >= 0.3 is 0 Å². The average molecular weight is 247 g/mol. The first kappa shape index (κ1) is 15.2. The van der Waals surface area contributed by atoms with Gasteiger partial charge in [-0.05, 0) is 62.3 Å². The van der Waals surface area contributed by atoms with E-state index in [-0.39, 0.29) is 0 Å². The summed E-state index contributed by atoms with van der Waals surface area (Å²) in [7, 11) is 2.08. The van der Waals surface area contributed by atoms with E-state index in [1.165, 1.54) is 30.4 Å². The second-order valence-corrected chi connectivity index (χ2v) is 6.47. The minimum atomic E-state index is 0.343. The maximum atomic E-state index is 3.46. The normalized spacial score (nSPS) is 13.7. The fourth-order valence-electron chi connectivity index (χ4n) is 2.74. The van der Waals surface area contributed by atoms with Crippen molar-refractivity contribution in [2.75, 3.05) is 7.05 Å². The molecule has 0 spiro atoms. The zero-order valence-electron chi connectivity index (χ0n) is 12.9. The van der Waals surface area contributed by atoms with Crippen LogP contribution < -0.4 is 5.32 Å². The van der Waals surface area contributed by atoms with Gasteiger partial charge in [0.15, 0.2) is 0 Å². The van der Waals surface area contributed by atoms with Crippen LogP contribution in [0.25, 0.3) is 0 Å². The monoisotopic (exact) mass is 247 g/mol. The quantitative estimate of drug-likeness (QED) is 0.819. The predicted octanol–water partition coefficient (Wildman–Crippen LogP) is 4.26. The average Bonchev–Trinajstić information content (AvgIpc) is 2.26. The molecule has 0 amide bonds. The Hall–Kier alpha value is -0.820. The van der Waals surface area contributed by atoms with Gasteiger partial charge in [0, 0.05) is 6.04 Å². The van der Waals surface area contributed by atoms with E-state index >= 15 is 0 Å². The smallest absolute Gasteiger partial charge is 0.0113 e. The molecule has 1 aromatic carbocycles. The second kappa shape index (κ2) is 6.38. The van der Waals surface area contributed by atoms with Gasteiger partial charge in [0.2, 0.25) is 0 Å². The van der Waals surface area contributed by atoms with Crippen LogP contribution >= 0.6 is 0 Å². The van der Waals surface area contributed by atoms with E-state index in [2.05, 4.69) is 65.2 Å². The van der Waals surface area contributed by atoms with E-state index in [4.69, 9.17) is 0 Å². The molecule has 1 atom stereocenters. The van der Waals surface area contributed by atoms with Gasteiger partial charge in [-0.2, -0.15) is 0 Å². The van der Waals surface area contributed by atoms with Crippen LogP contribution in [0.15, 0.2) is 18.2 Å². The molecule has 0 bridgehead atoms. The fraction of sp³-hybridized carbons (Fsp3) is 0.647. The molecule has 1 N–H and O–H groups in total. The van der Waals surface area contributed by atoms with E-state index in [9.17, 15) is 0 Å². The molecule has 18 heavy (non-hydrogen) atoms. The van der Waals surface area contributed by atoms with Gasteiger partial charge in [0.1, 0.15) is 0 Å². The predicted molar refractivity (Wildman–Crippen MR) is 81.2 cm³/mol. The first-order chi connectivity index (χ1) is 8.36. The Morgan fingerprint density at radius 1 is 1.11 bits per heavy atom. The largest absolute Gasteiger partial charge is 0.316 e. The van der Waals surface area contributed by atoms with Crippen LogP contribution in [0.2, 0.25) is 0 Å². The molecule has 0 radical (unpaired) electrons. The fourth-order valence-corrected chi connectivity index (χ4v) is 2.74. The maximum Gasteiger partial charge on any atom is 0.0113 e. The summed E-state index contributed by atoms with van der Waals surface area (Å²) in [5.74, 6) is 0. The third-order valence-electron chi connectivity index (χ3n) is 3.96. The van der Waals surface area contributed by atoms with E-state index < -0.39 is 0 Å². The Morgan fingerprint density at radius 2 is 1.67 bits per heavy atom. The molecule has 0 fully saturated rings. The maximum absolute atomic E-state index is 3.46. The van der Waals surface area contributed by atoms with Crippen LogP contribution in [0.5, 0.6) is 0 Å². The molecule has 1 unspecified atom stereocenters. The summed E-state index contributed by atoms with van der Waals surface area (Å²) in [6, 6.07) is 7.20. The molecule has 0 heterocycles. The highest BCUT2D eigenvalue weighted by atomic mass is 14.9. The lowest BCUT2D eigenvalue weighted by atomic mass is 9.83. The SMILES string of the molecule is CNC(CCCc1c(C)cccc1C)C(C)(C)C. The molecule has 1 heteroatoms. The Bertz CT molecular complexity index is 353. The first-order valence-electron chi connectivity index (χ1n) is 7.08. The molecular formula is C17H29N. The van der Waals surface area contributed by atoms with Crippen molar-refractivity contribution in [1.82, 2.24) is 5.32 Å². The van der Waals surface area contributed by atoms with Gasteiger partial charge in [-0.25, -0.2) is 0 Å². The molecule has 0 aliphatic rings. The zero-order chi connectivity index (χ0) is 13.8. The van der Waals surface area contributed by atoms with Gasteiger partial charge in [-0.1, -0.05) is 39.0 Å². The minimum absolute atomic E-state index is 0.343. The summed E-state index contributed by atoms with van der Waals surface area (Å²) in [4.78, 5) is 0. The molecule has 0 saturated carbocycles. The number of hydrogen-bond donors (Lipinski definition) is 1. The van der Waals surface area contributed by atoms with Crippen LogP contribution in [-0.4, -0.2) is 13.1 Å². The Morgan fingerprint density at radius 3 is 2.11 bits per heavy atom. The molecule has 0 aromatic heterocycles. The summed E-state index contributed by atoms with van der Waals surface area (Å²) < 4.78 is 0. The first-order valence-corrected chi connectivity index (χ1v) is 7.08. The molecule has 1 nitrogen and oxygen atoms in total. The number of rotatable bonds is 5. The number of hydrogen-bond acceptors (Lipinski definition) is 1. The summed E-state index contributed by atoms with van der Waals surface area (Å²) >= 11 is 0. The topological polar surface area (TPSA) is 12.0 Å². The second-order valence-electron chi connectivity index (χ2n) is 6.47. The highest BCUT2D eigenvalue weighted by Gasteiger charge is 2.22. The zero-order valence-corrected chi connectivity index (χ0v) is 12.9. The minimum Gasteiger partial charge on any atom is -0.316 e. The molecule has 102 valence electrons. The van der Waals surface area contributed by atoms with Crippen molar-refractivity contribution < 1.29 is 0 Å². The summed E-state index contributed by atoms with van der Waals surface area (Å²) in [5, 5.41) is 3.46. The standard InChI is InChI=1S/C17H29N/c1-13-9-7-10-14(2)15(13)11-8-12-16(18-6)17(3,4)5/h7,9-10,16,18H,8,11-12H2,1-6H3. The summed E-state index contributed by atoms with van der Waals surface area (Å²) in [5.41, 5.74) is 4.76. The lowest BCUT2D eigenvalue weighted by Crippen LogP contribution is -2.37. The lowest BCUT2D eigenvalue weighted by Gasteiger charge is -2.30. The number of nitrogens with one attached hydrogen (secondary N) is 1. The molecule has 0 saturated heterocycles. The highest BCUT2D eigenvalue weighted by Crippen LogP contribution is 2.24. The van der Waals surface area contributed by atoms with Crippen molar-refractivity contribution in [3.8, 4) is 0 Å². The van der Waals surface area contributed by atoms with Crippen LogP contribution in [-0.2, 0) is 6.42 Å². The Labute approximate surface area is 113 Å². The van der Waals surface area contributed by atoms with Gasteiger partial charge in [0.25, 0.3) is 0 Å². The van der Waals surface area contributed by atoms with Gasteiger partial charge in [0.05, 0.1) is 0 Å². The van der Waals surface area contributed by atoms with Crippen molar-refractivity contribution in [3.05, 3.63) is 34.9 Å². The Balaban J connectivity index is 2.56. The van der Waals surface area contributed by atoms with Crippen LogP contribution in [0.4, 0.5) is 0 Å². The van der Waals surface area contributed by atoms with E-state index in [1.807, 2.05) is 0 Å². The van der Waals surface area contributed by atoms with Crippen molar-refractivity contribution in [2.45, 2.75) is 59.9 Å². The lowest BCUT2D eigenvalue weighted by molar-refractivity contribution is 0.263. The third-order valence-corrected chi connectivity index (χ3v) is 3.96. The van der Waals surface area contributed by atoms with Gasteiger partial charge in [-0.3, -0.25) is 0 Å². The van der Waals surface area contributed by atoms with E-state index in [0.717, 1.165) is 0 Å². The van der Waals surface area contributed by atoms with E-state index in [1.54, 1.807) is 5.56 Å². The summed E-state index contributed by atoms with van der Waals surface area (Å²) in [6.45, 7) is 11.4. The van der Waals surface area contributed by atoms with Crippen molar-refractivity contribution in [2.24, 2.45) is 5.41 Å². The van der Waals surface area contributed by atoms with Crippen molar-refractivity contribution >= 4 is 0 Å². The van der Waals surface area contributed by atoms with Crippen molar-refractivity contribution in [3.63, 3.8) is 0 Å². The van der Waals surface area contributed by atoms with Crippen LogP contribution in [0.1, 0.15) is 50.3 Å². The molecule has 0 aliphatic carbocycles. The van der Waals surface area contributed by atoms with Crippen LogP contribution in [0, 0.1) is 19.3 Å². The van der Waals surface area contributed by atoms with E-state index in [0.29, 0.717) is 11.5 Å². The molecule has 1 rings (SSSR count). The number of benzene rings is 1.